The number of hydrogen-bond donors (Lipinski definition) is 1. The van der Waals surface area contributed by atoms with E-state index < -0.39 is 0 Å². The minimum absolute atomic E-state index is 0.114. The highest BCUT2D eigenvalue weighted by Gasteiger charge is 2.22. The van der Waals surface area contributed by atoms with Crippen LogP contribution in [0, 0.1) is 0 Å². The van der Waals surface area contributed by atoms with Gasteiger partial charge in [0, 0.05) is 30.3 Å². The average Bonchev–Trinajstić information content (AvgIpc) is 2.74. The third-order valence-corrected chi connectivity index (χ3v) is 5.46. The van der Waals surface area contributed by atoms with Crippen LogP contribution in [0.15, 0.2) is 42.5 Å². The Kier molecular flexibility index (Phi) is 7.36. The number of ether oxygens (including phenoxy) is 2. The zero-order valence-corrected chi connectivity index (χ0v) is 17.9. The number of nitrogens with zero attached hydrogens (tertiary/aromatic N) is 2. The molecule has 0 aliphatic carbocycles. The summed E-state index contributed by atoms with van der Waals surface area (Å²) in [7, 11) is 3.52. The molecule has 1 N–H and O–H groups in total. The second kappa shape index (κ2) is 9.96. The normalized spacial score (nSPS) is 15.3. The molecule has 2 aromatic rings. The molecule has 3 rings (SSSR count). The van der Waals surface area contributed by atoms with Gasteiger partial charge in [-0.1, -0.05) is 29.8 Å². The van der Waals surface area contributed by atoms with E-state index in [0.29, 0.717) is 23.0 Å². The van der Waals surface area contributed by atoms with E-state index in [1.54, 1.807) is 25.3 Å². The van der Waals surface area contributed by atoms with Gasteiger partial charge in [0.05, 0.1) is 32.1 Å². The number of morpholine rings is 1. The number of hydrogen-bond acceptors (Lipinski definition) is 5. The lowest BCUT2D eigenvalue weighted by Gasteiger charge is -2.32. The van der Waals surface area contributed by atoms with Crippen molar-refractivity contribution in [3.8, 4) is 5.75 Å². The van der Waals surface area contributed by atoms with Crippen molar-refractivity contribution in [2.45, 2.75) is 19.5 Å². The molecule has 1 fully saturated rings. The van der Waals surface area contributed by atoms with Crippen molar-refractivity contribution in [1.29, 1.82) is 0 Å². The quantitative estimate of drug-likeness (QED) is 0.745. The van der Waals surface area contributed by atoms with E-state index in [4.69, 9.17) is 21.1 Å². The van der Waals surface area contributed by atoms with E-state index in [-0.39, 0.29) is 11.9 Å². The molecule has 29 heavy (non-hydrogen) atoms. The maximum Gasteiger partial charge on any atom is 0.241 e. The lowest BCUT2D eigenvalue weighted by atomic mass is 10.1. The van der Waals surface area contributed by atoms with E-state index in [2.05, 4.69) is 28.4 Å². The van der Waals surface area contributed by atoms with Gasteiger partial charge in [-0.05, 0) is 43.8 Å². The number of para-hydroxylation sites is 1. The van der Waals surface area contributed by atoms with Crippen LogP contribution in [0.4, 0.5) is 11.4 Å². The molecule has 1 heterocycles. The Morgan fingerprint density at radius 1 is 1.28 bits per heavy atom. The van der Waals surface area contributed by atoms with Gasteiger partial charge < -0.3 is 19.7 Å². The van der Waals surface area contributed by atoms with Gasteiger partial charge in [-0.3, -0.25) is 9.69 Å². The standard InChI is InChI=1S/C22H28ClN3O3/c1-16(22(27)24-19-14-18(23)8-9-21(19)28-3)25(2)15-17-6-4-5-7-20(17)26-10-12-29-13-11-26/h4-9,14,16H,10-13,15H2,1-3H3,(H,24,27). The number of rotatable bonds is 7. The molecule has 1 aliphatic rings. The predicted molar refractivity (Wildman–Crippen MR) is 117 cm³/mol. The lowest BCUT2D eigenvalue weighted by molar-refractivity contribution is -0.120. The molecule has 7 heteroatoms. The number of amides is 1. The topological polar surface area (TPSA) is 54.0 Å². The molecular weight excluding hydrogens is 390 g/mol. The van der Waals surface area contributed by atoms with Crippen LogP contribution in [0.25, 0.3) is 0 Å². The highest BCUT2D eigenvalue weighted by Crippen LogP contribution is 2.28. The molecular formula is C22H28ClN3O3. The number of carbonyl (C=O) groups excluding carboxylic acids is 1. The van der Waals surface area contributed by atoms with Gasteiger partial charge >= 0.3 is 0 Å². The van der Waals surface area contributed by atoms with Crippen molar-refractivity contribution in [3.05, 3.63) is 53.1 Å². The summed E-state index contributed by atoms with van der Waals surface area (Å²) in [5, 5.41) is 3.47. The van der Waals surface area contributed by atoms with Crippen LogP contribution in [-0.4, -0.2) is 57.3 Å². The Balaban J connectivity index is 1.69. The zero-order valence-electron chi connectivity index (χ0n) is 17.2. The average molecular weight is 418 g/mol. The maximum absolute atomic E-state index is 12.8. The summed E-state index contributed by atoms with van der Waals surface area (Å²) in [4.78, 5) is 17.2. The first kappa shape index (κ1) is 21.4. The summed E-state index contributed by atoms with van der Waals surface area (Å²) >= 11 is 6.07. The van der Waals surface area contributed by atoms with E-state index in [9.17, 15) is 4.79 Å². The Morgan fingerprint density at radius 2 is 2.00 bits per heavy atom. The van der Waals surface area contributed by atoms with Crippen LogP contribution >= 0.6 is 11.6 Å². The largest absolute Gasteiger partial charge is 0.495 e. The van der Waals surface area contributed by atoms with Crippen LogP contribution in [0.5, 0.6) is 5.75 Å². The molecule has 0 saturated carbocycles. The van der Waals surface area contributed by atoms with Crippen molar-refractivity contribution in [1.82, 2.24) is 4.90 Å². The Hall–Kier alpha value is -2.28. The summed E-state index contributed by atoms with van der Waals surface area (Å²) in [5.41, 5.74) is 2.96. The number of anilines is 2. The van der Waals surface area contributed by atoms with Crippen LogP contribution in [0.2, 0.25) is 5.02 Å². The number of likely N-dealkylation sites (N-methyl/N-ethyl adjacent to an activating group) is 1. The Morgan fingerprint density at radius 3 is 2.72 bits per heavy atom. The Labute approximate surface area is 177 Å². The van der Waals surface area contributed by atoms with Crippen molar-refractivity contribution in [2.75, 3.05) is 50.7 Å². The summed E-state index contributed by atoms with van der Waals surface area (Å²) in [6.07, 6.45) is 0. The number of methoxy groups -OCH3 is 1. The van der Waals surface area contributed by atoms with E-state index in [1.165, 1.54) is 11.3 Å². The molecule has 1 atom stereocenters. The first-order valence-electron chi connectivity index (χ1n) is 9.75. The van der Waals surface area contributed by atoms with E-state index >= 15 is 0 Å². The third kappa shape index (κ3) is 5.41. The molecule has 1 saturated heterocycles. The smallest absolute Gasteiger partial charge is 0.241 e. The minimum atomic E-state index is -0.337. The Bertz CT molecular complexity index is 840. The fraction of sp³-hybridized carbons (Fsp3) is 0.409. The summed E-state index contributed by atoms with van der Waals surface area (Å²) < 4.78 is 10.8. The second-order valence-corrected chi connectivity index (χ2v) is 7.59. The van der Waals surface area contributed by atoms with Gasteiger partial charge in [-0.2, -0.15) is 0 Å². The van der Waals surface area contributed by atoms with E-state index in [1.807, 2.05) is 24.9 Å². The number of benzene rings is 2. The zero-order chi connectivity index (χ0) is 20.8. The molecule has 2 aromatic carbocycles. The fourth-order valence-corrected chi connectivity index (χ4v) is 3.55. The van der Waals surface area contributed by atoms with Gasteiger partial charge in [0.25, 0.3) is 0 Å². The molecule has 6 nitrogen and oxygen atoms in total. The minimum Gasteiger partial charge on any atom is -0.495 e. The van der Waals surface area contributed by atoms with Crippen LogP contribution in [-0.2, 0) is 16.1 Å². The highest BCUT2D eigenvalue weighted by atomic mass is 35.5. The number of halogens is 1. The van der Waals surface area contributed by atoms with Crippen LogP contribution in [0.3, 0.4) is 0 Å². The SMILES string of the molecule is COc1ccc(Cl)cc1NC(=O)C(C)N(C)Cc1ccccc1N1CCOCC1. The number of carbonyl (C=O) groups is 1. The molecule has 1 amide bonds. The summed E-state index contributed by atoms with van der Waals surface area (Å²) in [5.74, 6) is 0.465. The summed E-state index contributed by atoms with van der Waals surface area (Å²) in [6.45, 7) is 5.80. The maximum atomic E-state index is 12.8. The first-order chi connectivity index (χ1) is 14.0. The fourth-order valence-electron chi connectivity index (χ4n) is 3.38. The third-order valence-electron chi connectivity index (χ3n) is 5.22. The molecule has 0 aromatic heterocycles. The lowest BCUT2D eigenvalue weighted by Crippen LogP contribution is -2.40. The molecule has 0 spiro atoms. The van der Waals surface area contributed by atoms with Gasteiger partial charge in [-0.15, -0.1) is 0 Å². The second-order valence-electron chi connectivity index (χ2n) is 7.15. The highest BCUT2D eigenvalue weighted by molar-refractivity contribution is 6.31. The molecule has 0 bridgehead atoms. The molecule has 0 radical (unpaired) electrons. The number of nitrogens with one attached hydrogen (secondary N) is 1. The van der Waals surface area contributed by atoms with Gasteiger partial charge in [0.1, 0.15) is 5.75 Å². The van der Waals surface area contributed by atoms with Crippen LogP contribution in [0.1, 0.15) is 12.5 Å². The van der Waals surface area contributed by atoms with Gasteiger partial charge in [0.2, 0.25) is 5.91 Å². The van der Waals surface area contributed by atoms with Gasteiger partial charge in [-0.25, -0.2) is 0 Å². The van der Waals surface area contributed by atoms with Crippen molar-refractivity contribution in [3.63, 3.8) is 0 Å². The molecule has 1 unspecified atom stereocenters. The monoisotopic (exact) mass is 417 g/mol. The molecule has 1 aliphatic heterocycles. The van der Waals surface area contributed by atoms with E-state index in [0.717, 1.165) is 26.3 Å². The van der Waals surface area contributed by atoms with Crippen molar-refractivity contribution < 1.29 is 14.3 Å². The first-order valence-corrected chi connectivity index (χ1v) is 10.1. The molecule has 156 valence electrons. The summed E-state index contributed by atoms with van der Waals surface area (Å²) in [6, 6.07) is 13.2. The van der Waals surface area contributed by atoms with Crippen molar-refractivity contribution >= 4 is 28.9 Å². The predicted octanol–water partition coefficient (Wildman–Crippen LogP) is 3.64. The van der Waals surface area contributed by atoms with Crippen molar-refractivity contribution in [2.24, 2.45) is 0 Å². The van der Waals surface area contributed by atoms with Crippen LogP contribution < -0.4 is 15.0 Å². The van der Waals surface area contributed by atoms with Gasteiger partial charge in [0.15, 0.2) is 0 Å².